The maximum absolute atomic E-state index is 13.3. The van der Waals surface area contributed by atoms with Gasteiger partial charge in [-0.2, -0.15) is 4.98 Å². The number of hydrogen-bond donors (Lipinski definition) is 2. The second kappa shape index (κ2) is 5.48. The number of rotatable bonds is 5. The number of anilines is 2. The lowest BCUT2D eigenvalue weighted by molar-refractivity contribution is 0.611. The van der Waals surface area contributed by atoms with Crippen LogP contribution in [0.2, 0.25) is 0 Å². The summed E-state index contributed by atoms with van der Waals surface area (Å²) in [5.74, 6) is 0.289. The van der Waals surface area contributed by atoms with E-state index in [4.69, 9.17) is 0 Å². The molecule has 1 aromatic rings. The van der Waals surface area contributed by atoms with Gasteiger partial charge in [-0.05, 0) is 20.3 Å². The summed E-state index contributed by atoms with van der Waals surface area (Å²) in [6, 6.07) is 0.198. The molecule has 0 aromatic carbocycles. The molecule has 84 valence electrons. The van der Waals surface area contributed by atoms with Crippen LogP contribution >= 0.6 is 0 Å². The second-order valence-corrected chi connectivity index (χ2v) is 3.37. The molecule has 0 amide bonds. The summed E-state index contributed by atoms with van der Waals surface area (Å²) in [6.07, 6.45) is 2.09. The maximum Gasteiger partial charge on any atom is 0.224 e. The van der Waals surface area contributed by atoms with Crippen LogP contribution in [-0.2, 0) is 0 Å². The molecule has 2 N–H and O–H groups in total. The van der Waals surface area contributed by atoms with E-state index in [-0.39, 0.29) is 11.9 Å². The third-order valence-electron chi connectivity index (χ3n) is 2.07. The number of hydrogen-bond acceptors (Lipinski definition) is 4. The molecule has 1 rings (SSSR count). The minimum absolute atomic E-state index is 0.198. The first-order valence-corrected chi connectivity index (χ1v) is 5.20. The minimum Gasteiger partial charge on any atom is -0.365 e. The van der Waals surface area contributed by atoms with E-state index in [2.05, 4.69) is 20.6 Å². The fourth-order valence-electron chi connectivity index (χ4n) is 1.05. The van der Waals surface area contributed by atoms with Crippen molar-refractivity contribution >= 4 is 11.8 Å². The molecule has 1 aromatic heterocycles. The van der Waals surface area contributed by atoms with Crippen LogP contribution in [0, 0.1) is 5.82 Å². The molecular formula is C10H17FN4. The Hall–Kier alpha value is -1.39. The van der Waals surface area contributed by atoms with Crippen LogP contribution in [-0.4, -0.2) is 22.6 Å². The van der Waals surface area contributed by atoms with Gasteiger partial charge in [-0.25, -0.2) is 9.37 Å². The van der Waals surface area contributed by atoms with Crippen molar-refractivity contribution in [1.29, 1.82) is 0 Å². The topological polar surface area (TPSA) is 49.8 Å². The van der Waals surface area contributed by atoms with Gasteiger partial charge in [0.05, 0.1) is 6.20 Å². The predicted molar refractivity (Wildman–Crippen MR) is 59.5 cm³/mol. The van der Waals surface area contributed by atoms with Crippen LogP contribution in [0.3, 0.4) is 0 Å². The van der Waals surface area contributed by atoms with Gasteiger partial charge >= 0.3 is 0 Å². The first-order chi connectivity index (χ1) is 7.17. The molecule has 0 saturated carbocycles. The fraction of sp³-hybridized carbons (Fsp3) is 0.600. The summed E-state index contributed by atoms with van der Waals surface area (Å²) in [6.45, 7) is 6.67. The van der Waals surface area contributed by atoms with Gasteiger partial charge in [0.1, 0.15) is 0 Å². The van der Waals surface area contributed by atoms with Crippen molar-refractivity contribution in [1.82, 2.24) is 9.97 Å². The van der Waals surface area contributed by atoms with E-state index in [0.29, 0.717) is 12.5 Å². The Morgan fingerprint density at radius 1 is 1.47 bits per heavy atom. The number of aromatic nitrogens is 2. The molecular weight excluding hydrogens is 195 g/mol. The van der Waals surface area contributed by atoms with Gasteiger partial charge in [-0.15, -0.1) is 0 Å². The lowest BCUT2D eigenvalue weighted by Gasteiger charge is -2.13. The molecule has 1 unspecified atom stereocenters. The Morgan fingerprint density at radius 3 is 2.80 bits per heavy atom. The van der Waals surface area contributed by atoms with Crippen LogP contribution in [0.1, 0.15) is 27.2 Å². The lowest BCUT2D eigenvalue weighted by atomic mass is 10.2. The van der Waals surface area contributed by atoms with Crippen LogP contribution in [0.15, 0.2) is 6.20 Å². The van der Waals surface area contributed by atoms with Gasteiger partial charge in [0.2, 0.25) is 5.95 Å². The zero-order valence-electron chi connectivity index (χ0n) is 9.34. The van der Waals surface area contributed by atoms with Crippen molar-refractivity contribution in [3.8, 4) is 0 Å². The van der Waals surface area contributed by atoms with Crippen LogP contribution < -0.4 is 10.6 Å². The quantitative estimate of drug-likeness (QED) is 0.786. The molecule has 0 saturated heterocycles. The van der Waals surface area contributed by atoms with E-state index >= 15 is 0 Å². The third-order valence-corrected chi connectivity index (χ3v) is 2.07. The highest BCUT2D eigenvalue weighted by atomic mass is 19.1. The molecule has 4 nitrogen and oxygen atoms in total. The third kappa shape index (κ3) is 3.34. The molecule has 0 aliphatic carbocycles. The van der Waals surface area contributed by atoms with E-state index in [9.17, 15) is 4.39 Å². The van der Waals surface area contributed by atoms with E-state index in [1.54, 1.807) is 0 Å². The summed E-state index contributed by atoms with van der Waals surface area (Å²) in [5, 5.41) is 5.93. The molecule has 0 bridgehead atoms. The normalized spacial score (nSPS) is 12.3. The highest BCUT2D eigenvalue weighted by Gasteiger charge is 2.08. The molecule has 0 aliphatic rings. The Morgan fingerprint density at radius 2 is 2.20 bits per heavy atom. The van der Waals surface area contributed by atoms with E-state index in [1.807, 2.05) is 20.8 Å². The van der Waals surface area contributed by atoms with Crippen LogP contribution in [0.4, 0.5) is 16.2 Å². The zero-order chi connectivity index (χ0) is 11.3. The zero-order valence-corrected chi connectivity index (χ0v) is 9.34. The largest absolute Gasteiger partial charge is 0.365 e. The van der Waals surface area contributed by atoms with Gasteiger partial charge in [0, 0.05) is 12.6 Å². The van der Waals surface area contributed by atoms with Crippen molar-refractivity contribution in [2.45, 2.75) is 33.2 Å². The molecule has 0 spiro atoms. The average Bonchev–Trinajstić information content (AvgIpc) is 2.23. The number of nitrogens with one attached hydrogen (secondary N) is 2. The van der Waals surface area contributed by atoms with Gasteiger partial charge in [0.25, 0.3) is 0 Å². The van der Waals surface area contributed by atoms with Crippen molar-refractivity contribution < 1.29 is 4.39 Å². The number of nitrogens with zero attached hydrogens (tertiary/aromatic N) is 2. The summed E-state index contributed by atoms with van der Waals surface area (Å²) < 4.78 is 13.3. The smallest absolute Gasteiger partial charge is 0.224 e. The monoisotopic (exact) mass is 212 g/mol. The Labute approximate surface area is 89.3 Å². The van der Waals surface area contributed by atoms with E-state index in [0.717, 1.165) is 6.42 Å². The van der Waals surface area contributed by atoms with Gasteiger partial charge in [-0.1, -0.05) is 6.92 Å². The maximum atomic E-state index is 13.3. The van der Waals surface area contributed by atoms with Crippen LogP contribution in [0.5, 0.6) is 0 Å². The standard InChI is InChI=1S/C10H17FN4/c1-4-7(3)14-9-8(11)6-13-10(15-9)12-5-2/h6-7H,4-5H2,1-3H3,(H2,12,13,14,15). The van der Waals surface area contributed by atoms with E-state index in [1.165, 1.54) is 6.20 Å². The minimum atomic E-state index is -0.419. The lowest BCUT2D eigenvalue weighted by Crippen LogP contribution is -2.16. The van der Waals surface area contributed by atoms with Crippen molar-refractivity contribution in [2.75, 3.05) is 17.2 Å². The second-order valence-electron chi connectivity index (χ2n) is 3.37. The van der Waals surface area contributed by atoms with E-state index < -0.39 is 5.82 Å². The molecule has 1 heterocycles. The van der Waals surface area contributed by atoms with Crippen molar-refractivity contribution in [3.05, 3.63) is 12.0 Å². The molecule has 0 aliphatic heterocycles. The predicted octanol–water partition coefficient (Wildman–Crippen LogP) is 2.26. The number of halogens is 1. The summed E-state index contributed by atoms with van der Waals surface area (Å²) in [5.41, 5.74) is 0. The summed E-state index contributed by atoms with van der Waals surface area (Å²) >= 11 is 0. The first kappa shape index (κ1) is 11.7. The highest BCUT2D eigenvalue weighted by Crippen LogP contribution is 2.13. The molecule has 5 heteroatoms. The van der Waals surface area contributed by atoms with Gasteiger partial charge in [0.15, 0.2) is 11.6 Å². The van der Waals surface area contributed by atoms with Crippen LogP contribution in [0.25, 0.3) is 0 Å². The molecule has 1 atom stereocenters. The van der Waals surface area contributed by atoms with Crippen molar-refractivity contribution in [2.24, 2.45) is 0 Å². The molecule has 0 fully saturated rings. The van der Waals surface area contributed by atoms with Gasteiger partial charge in [-0.3, -0.25) is 0 Å². The Bertz CT molecular complexity index is 316. The van der Waals surface area contributed by atoms with Gasteiger partial charge < -0.3 is 10.6 Å². The molecule has 0 radical (unpaired) electrons. The molecule has 15 heavy (non-hydrogen) atoms. The Balaban J connectivity index is 2.80. The summed E-state index contributed by atoms with van der Waals surface area (Å²) in [7, 11) is 0. The first-order valence-electron chi connectivity index (χ1n) is 5.20. The summed E-state index contributed by atoms with van der Waals surface area (Å²) in [4.78, 5) is 7.87. The SMILES string of the molecule is CCNc1ncc(F)c(NC(C)CC)n1. The highest BCUT2D eigenvalue weighted by molar-refractivity contribution is 5.41. The van der Waals surface area contributed by atoms with Crippen molar-refractivity contribution in [3.63, 3.8) is 0 Å². The average molecular weight is 212 g/mol. The fourth-order valence-corrected chi connectivity index (χ4v) is 1.05. The Kier molecular flexibility index (Phi) is 4.27.